The molecule has 26 heavy (non-hydrogen) atoms. The molecule has 1 unspecified atom stereocenters. The number of carbonyl (C=O) groups is 2. The van der Waals surface area contributed by atoms with Gasteiger partial charge in [0.2, 0.25) is 0 Å². The molecule has 1 atom stereocenters. The minimum Gasteiger partial charge on any atom is -0.478 e. The van der Waals surface area contributed by atoms with Crippen molar-refractivity contribution in [3.63, 3.8) is 0 Å². The van der Waals surface area contributed by atoms with Crippen molar-refractivity contribution >= 4 is 17.6 Å². The second-order valence-corrected chi connectivity index (χ2v) is 5.52. The Balaban J connectivity index is 2.72. The summed E-state index contributed by atoms with van der Waals surface area (Å²) in [4.78, 5) is 34.8. The molecule has 2 rings (SSSR count). The summed E-state index contributed by atoms with van der Waals surface area (Å²) in [6, 6.07) is 5.38. The van der Waals surface area contributed by atoms with Gasteiger partial charge < -0.3 is 20.3 Å². The van der Waals surface area contributed by atoms with Gasteiger partial charge in [-0.25, -0.2) is 9.59 Å². The molecule has 1 aliphatic heterocycles. The number of carbonyl (C=O) groups excluding carboxylic acids is 1. The number of ether oxygens (including phenoxy) is 1. The van der Waals surface area contributed by atoms with E-state index in [2.05, 4.69) is 5.32 Å². The molecular weight excluding hydrogens is 344 g/mol. The highest BCUT2D eigenvalue weighted by atomic mass is 16.6. The van der Waals surface area contributed by atoms with Crippen LogP contribution >= 0.6 is 0 Å². The molecule has 138 valence electrons. The Bertz CT molecular complexity index is 826. The number of nitrogens with one attached hydrogen (secondary N) is 1. The van der Waals surface area contributed by atoms with Gasteiger partial charge in [-0.1, -0.05) is 12.1 Å². The number of aliphatic hydroxyl groups is 1. The summed E-state index contributed by atoms with van der Waals surface area (Å²) < 4.78 is 5.03. The molecule has 3 N–H and O–H groups in total. The molecule has 1 aliphatic rings. The van der Waals surface area contributed by atoms with Gasteiger partial charge in [0.05, 0.1) is 40.9 Å². The minimum atomic E-state index is -1.35. The van der Waals surface area contributed by atoms with Gasteiger partial charge in [-0.05, 0) is 19.4 Å². The zero-order valence-corrected chi connectivity index (χ0v) is 14.2. The molecule has 0 bridgehead atoms. The molecular formula is C17H18N2O7. The Hall–Kier alpha value is -3.20. The zero-order valence-electron chi connectivity index (χ0n) is 14.2. The fourth-order valence-corrected chi connectivity index (χ4v) is 2.90. The summed E-state index contributed by atoms with van der Waals surface area (Å²) in [5, 5.41) is 33.0. The van der Waals surface area contributed by atoms with E-state index in [9.17, 15) is 29.9 Å². The van der Waals surface area contributed by atoms with Crippen molar-refractivity contribution in [2.24, 2.45) is 0 Å². The quantitative estimate of drug-likeness (QED) is 0.392. The van der Waals surface area contributed by atoms with Gasteiger partial charge in [-0.3, -0.25) is 10.1 Å². The van der Waals surface area contributed by atoms with E-state index >= 15 is 0 Å². The average Bonchev–Trinajstić information content (AvgIpc) is 2.60. The van der Waals surface area contributed by atoms with Crippen LogP contribution in [0, 0.1) is 10.1 Å². The van der Waals surface area contributed by atoms with Gasteiger partial charge >= 0.3 is 11.9 Å². The predicted molar refractivity (Wildman–Crippen MR) is 90.1 cm³/mol. The van der Waals surface area contributed by atoms with Crippen LogP contribution < -0.4 is 5.32 Å². The molecule has 1 aromatic rings. The van der Waals surface area contributed by atoms with E-state index in [1.54, 1.807) is 13.8 Å². The van der Waals surface area contributed by atoms with Crippen molar-refractivity contribution in [2.45, 2.75) is 19.8 Å². The minimum absolute atomic E-state index is 0.0135. The number of non-ortho nitro benzene ring substituents is 1. The van der Waals surface area contributed by atoms with Crippen LogP contribution in [0.4, 0.5) is 5.69 Å². The SMILES string of the molecule is CCOC(=O)C1=C(C)NC(CO)=C(C(=O)O)C1c1cccc([N+](=O)[O-])c1. The first-order chi connectivity index (χ1) is 12.3. The van der Waals surface area contributed by atoms with E-state index in [1.165, 1.54) is 24.3 Å². The summed E-state index contributed by atoms with van der Waals surface area (Å²) in [6.45, 7) is 2.64. The monoisotopic (exact) mass is 362 g/mol. The van der Waals surface area contributed by atoms with Crippen LogP contribution in [0.25, 0.3) is 0 Å². The molecule has 0 radical (unpaired) electrons. The lowest BCUT2D eigenvalue weighted by molar-refractivity contribution is -0.384. The number of esters is 1. The Morgan fingerprint density at radius 3 is 2.58 bits per heavy atom. The number of allylic oxidation sites excluding steroid dienone is 1. The molecule has 0 aromatic heterocycles. The smallest absolute Gasteiger partial charge is 0.336 e. The van der Waals surface area contributed by atoms with Crippen LogP contribution in [-0.4, -0.2) is 40.3 Å². The first kappa shape index (κ1) is 19.1. The van der Waals surface area contributed by atoms with Crippen LogP contribution in [0.5, 0.6) is 0 Å². The summed E-state index contributed by atoms with van der Waals surface area (Å²) >= 11 is 0. The standard InChI is InChI=1S/C17H18N2O7/c1-3-26-17(23)13-9(2)18-12(8-20)15(16(21)22)14(13)10-5-4-6-11(7-10)19(24)25/h4-7,14,18,20H,3,8H2,1-2H3,(H,21,22). The number of aliphatic hydroxyl groups excluding tert-OH is 1. The molecule has 1 heterocycles. The largest absolute Gasteiger partial charge is 0.478 e. The van der Waals surface area contributed by atoms with Crippen molar-refractivity contribution in [1.82, 2.24) is 5.32 Å². The third-order valence-corrected chi connectivity index (χ3v) is 3.94. The maximum atomic E-state index is 12.4. The lowest BCUT2D eigenvalue weighted by Gasteiger charge is -2.30. The summed E-state index contributed by atoms with van der Waals surface area (Å²) in [5.41, 5.74) is 0.0980. The maximum absolute atomic E-state index is 12.4. The number of nitro benzene ring substituents is 1. The van der Waals surface area contributed by atoms with Crippen LogP contribution in [0.3, 0.4) is 0 Å². The second kappa shape index (κ2) is 7.79. The van der Waals surface area contributed by atoms with Gasteiger partial charge in [-0.2, -0.15) is 0 Å². The van der Waals surface area contributed by atoms with E-state index in [4.69, 9.17) is 4.74 Å². The molecule has 0 amide bonds. The van der Waals surface area contributed by atoms with Crippen molar-refractivity contribution in [3.8, 4) is 0 Å². The summed E-state index contributed by atoms with van der Waals surface area (Å²) in [7, 11) is 0. The molecule has 9 nitrogen and oxygen atoms in total. The molecule has 0 fully saturated rings. The van der Waals surface area contributed by atoms with Gasteiger partial charge in [0.25, 0.3) is 5.69 Å². The molecule has 0 saturated carbocycles. The zero-order chi connectivity index (χ0) is 19.4. The topological polar surface area (TPSA) is 139 Å². The van der Waals surface area contributed by atoms with Crippen molar-refractivity contribution < 1.29 is 29.5 Å². The van der Waals surface area contributed by atoms with Gasteiger partial charge in [0.15, 0.2) is 0 Å². The number of nitrogens with zero attached hydrogens (tertiary/aromatic N) is 1. The number of hydrogen-bond donors (Lipinski definition) is 3. The first-order valence-corrected chi connectivity index (χ1v) is 7.78. The van der Waals surface area contributed by atoms with E-state index in [-0.39, 0.29) is 34.7 Å². The molecule has 0 saturated heterocycles. The lowest BCUT2D eigenvalue weighted by atomic mass is 9.80. The number of carboxylic acid groups (broad SMARTS) is 1. The van der Waals surface area contributed by atoms with Gasteiger partial charge in [0, 0.05) is 17.8 Å². The summed E-state index contributed by atoms with van der Waals surface area (Å²) in [5.74, 6) is -3.20. The number of dihydropyridines is 1. The lowest BCUT2D eigenvalue weighted by Crippen LogP contribution is -2.33. The average molecular weight is 362 g/mol. The highest BCUT2D eigenvalue weighted by molar-refractivity contribution is 5.99. The molecule has 0 aliphatic carbocycles. The van der Waals surface area contributed by atoms with E-state index in [0.717, 1.165) is 0 Å². The Morgan fingerprint density at radius 2 is 2.04 bits per heavy atom. The molecule has 9 heteroatoms. The number of nitro groups is 1. The van der Waals surface area contributed by atoms with Crippen molar-refractivity contribution in [1.29, 1.82) is 0 Å². The van der Waals surface area contributed by atoms with Gasteiger partial charge in [0.1, 0.15) is 0 Å². The Kier molecular flexibility index (Phi) is 5.73. The van der Waals surface area contributed by atoms with E-state index in [1.807, 2.05) is 0 Å². The molecule has 1 aromatic carbocycles. The number of rotatable bonds is 6. The normalized spacial score (nSPS) is 17.0. The fraction of sp³-hybridized carbons (Fsp3) is 0.294. The second-order valence-electron chi connectivity index (χ2n) is 5.52. The number of hydrogen-bond acceptors (Lipinski definition) is 7. The van der Waals surface area contributed by atoms with Crippen LogP contribution in [0.1, 0.15) is 25.3 Å². The van der Waals surface area contributed by atoms with E-state index < -0.39 is 29.4 Å². The highest BCUT2D eigenvalue weighted by Crippen LogP contribution is 2.39. The van der Waals surface area contributed by atoms with Crippen LogP contribution in [-0.2, 0) is 14.3 Å². The Morgan fingerprint density at radius 1 is 1.35 bits per heavy atom. The third kappa shape index (κ3) is 3.57. The van der Waals surface area contributed by atoms with Crippen LogP contribution in [0.15, 0.2) is 46.8 Å². The maximum Gasteiger partial charge on any atom is 0.336 e. The van der Waals surface area contributed by atoms with Crippen molar-refractivity contribution in [3.05, 3.63) is 62.5 Å². The summed E-state index contributed by atoms with van der Waals surface area (Å²) in [6.07, 6.45) is 0. The third-order valence-electron chi connectivity index (χ3n) is 3.94. The Labute approximate surface area is 148 Å². The highest BCUT2D eigenvalue weighted by Gasteiger charge is 2.38. The number of benzene rings is 1. The van der Waals surface area contributed by atoms with Crippen molar-refractivity contribution in [2.75, 3.05) is 13.2 Å². The van der Waals surface area contributed by atoms with Gasteiger partial charge in [-0.15, -0.1) is 0 Å². The number of carboxylic acids is 1. The molecule has 0 spiro atoms. The van der Waals surface area contributed by atoms with E-state index in [0.29, 0.717) is 5.70 Å². The fourth-order valence-electron chi connectivity index (χ4n) is 2.90. The first-order valence-electron chi connectivity index (χ1n) is 7.78. The predicted octanol–water partition coefficient (Wildman–Crippen LogP) is 1.45. The van der Waals surface area contributed by atoms with Crippen LogP contribution in [0.2, 0.25) is 0 Å². The number of aliphatic carboxylic acids is 1.